The lowest BCUT2D eigenvalue weighted by Crippen LogP contribution is -1.99. The summed E-state index contributed by atoms with van der Waals surface area (Å²) < 4.78 is 17.9. The number of aromatic nitrogens is 2. The van der Waals surface area contributed by atoms with Gasteiger partial charge in [-0.3, -0.25) is 0 Å². The summed E-state index contributed by atoms with van der Waals surface area (Å²) in [5.74, 6) is -0.00788. The van der Waals surface area contributed by atoms with E-state index in [-0.39, 0.29) is 16.7 Å². The molecule has 0 aliphatic carbocycles. The van der Waals surface area contributed by atoms with E-state index in [0.29, 0.717) is 11.3 Å². The number of halogens is 2. The van der Waals surface area contributed by atoms with Crippen molar-refractivity contribution in [3.63, 3.8) is 0 Å². The molecule has 0 spiro atoms. The molecule has 0 saturated carbocycles. The predicted octanol–water partition coefficient (Wildman–Crippen LogP) is 2.53. The van der Waals surface area contributed by atoms with Crippen LogP contribution in [-0.4, -0.2) is 17.1 Å². The maximum atomic E-state index is 12.9. The fourth-order valence-corrected chi connectivity index (χ4v) is 1.62. The van der Waals surface area contributed by atoms with Crippen LogP contribution >= 0.6 is 11.6 Å². The lowest BCUT2D eigenvalue weighted by atomic mass is 10.1. The molecule has 1 aromatic heterocycles. The topological polar surface area (TPSA) is 61.0 Å². The second kappa shape index (κ2) is 4.55. The number of hydrogen-bond donors (Lipinski definition) is 1. The highest BCUT2D eigenvalue weighted by Gasteiger charge is 2.10. The zero-order valence-electron chi connectivity index (χ0n) is 8.95. The van der Waals surface area contributed by atoms with Crippen LogP contribution in [0, 0.1) is 5.82 Å². The molecule has 0 atom stereocenters. The maximum Gasteiger partial charge on any atom is 0.257 e. The van der Waals surface area contributed by atoms with Crippen molar-refractivity contribution >= 4 is 17.4 Å². The van der Waals surface area contributed by atoms with Gasteiger partial charge in [0.2, 0.25) is 0 Å². The van der Waals surface area contributed by atoms with Crippen LogP contribution in [0.3, 0.4) is 0 Å². The third-order valence-electron chi connectivity index (χ3n) is 2.17. The number of benzene rings is 1. The molecule has 1 aromatic carbocycles. The fraction of sp³-hybridized carbons (Fsp3) is 0.0909. The molecule has 0 aliphatic rings. The minimum absolute atomic E-state index is 0.189. The normalized spacial score (nSPS) is 10.3. The van der Waals surface area contributed by atoms with E-state index in [2.05, 4.69) is 9.97 Å². The standard InChI is InChI=1S/C11H9ClFN3O/c1-17-11-10(14)15-5-9(16-11)7-3-2-6(13)4-8(7)12/h2-5H,1H3,(H2,14,15). The second-order valence-electron chi connectivity index (χ2n) is 3.27. The number of nitrogen functional groups attached to an aromatic ring is 1. The van der Waals surface area contributed by atoms with Crippen molar-refractivity contribution in [2.75, 3.05) is 12.8 Å². The van der Waals surface area contributed by atoms with E-state index in [0.717, 1.165) is 0 Å². The van der Waals surface area contributed by atoms with E-state index >= 15 is 0 Å². The smallest absolute Gasteiger partial charge is 0.257 e. The summed E-state index contributed by atoms with van der Waals surface area (Å²) in [5, 5.41) is 0.256. The molecule has 0 unspecified atom stereocenters. The lowest BCUT2D eigenvalue weighted by molar-refractivity contribution is 0.399. The number of rotatable bonds is 2. The minimum Gasteiger partial charge on any atom is -0.478 e. The molecule has 0 bridgehead atoms. The number of nitrogens with zero attached hydrogens (tertiary/aromatic N) is 2. The molecule has 6 heteroatoms. The largest absolute Gasteiger partial charge is 0.478 e. The Morgan fingerprint density at radius 3 is 2.82 bits per heavy atom. The predicted molar refractivity (Wildman–Crippen MR) is 63.4 cm³/mol. The number of ether oxygens (including phenoxy) is 1. The lowest BCUT2D eigenvalue weighted by Gasteiger charge is -2.06. The van der Waals surface area contributed by atoms with E-state index in [1.165, 1.54) is 31.5 Å². The Labute approximate surface area is 102 Å². The third kappa shape index (κ3) is 2.29. The Kier molecular flexibility index (Phi) is 3.10. The minimum atomic E-state index is -0.408. The Morgan fingerprint density at radius 2 is 2.18 bits per heavy atom. The maximum absolute atomic E-state index is 12.9. The van der Waals surface area contributed by atoms with Crippen molar-refractivity contribution in [2.24, 2.45) is 0 Å². The van der Waals surface area contributed by atoms with E-state index in [4.69, 9.17) is 22.1 Å². The molecule has 0 aliphatic heterocycles. The van der Waals surface area contributed by atoms with Crippen LogP contribution in [0.25, 0.3) is 11.3 Å². The van der Waals surface area contributed by atoms with Crippen LogP contribution in [0.1, 0.15) is 0 Å². The molecule has 88 valence electrons. The van der Waals surface area contributed by atoms with Gasteiger partial charge in [-0.15, -0.1) is 0 Å². The molecule has 0 radical (unpaired) electrons. The number of anilines is 1. The van der Waals surface area contributed by atoms with Crippen molar-refractivity contribution in [1.82, 2.24) is 9.97 Å². The molecule has 1 heterocycles. The van der Waals surface area contributed by atoms with Crippen molar-refractivity contribution in [3.8, 4) is 17.1 Å². The van der Waals surface area contributed by atoms with Crippen LogP contribution in [0.5, 0.6) is 5.88 Å². The molecule has 2 N–H and O–H groups in total. The first-order valence-corrected chi connectivity index (χ1v) is 5.11. The molecule has 2 aromatic rings. The van der Waals surface area contributed by atoms with E-state index in [1.54, 1.807) is 0 Å². The van der Waals surface area contributed by atoms with E-state index < -0.39 is 5.82 Å². The molecular formula is C11H9ClFN3O. The second-order valence-corrected chi connectivity index (χ2v) is 3.68. The average molecular weight is 254 g/mol. The zero-order chi connectivity index (χ0) is 12.4. The summed E-state index contributed by atoms with van der Waals surface area (Å²) in [6.45, 7) is 0. The van der Waals surface area contributed by atoms with Gasteiger partial charge < -0.3 is 10.5 Å². The summed E-state index contributed by atoms with van der Waals surface area (Å²) in [6.07, 6.45) is 1.46. The van der Waals surface area contributed by atoms with Crippen LogP contribution < -0.4 is 10.5 Å². The number of methoxy groups -OCH3 is 1. The third-order valence-corrected chi connectivity index (χ3v) is 2.48. The van der Waals surface area contributed by atoms with Gasteiger partial charge in [0.25, 0.3) is 5.88 Å². The highest BCUT2D eigenvalue weighted by molar-refractivity contribution is 6.33. The van der Waals surface area contributed by atoms with Gasteiger partial charge in [0.15, 0.2) is 5.82 Å². The van der Waals surface area contributed by atoms with Gasteiger partial charge in [-0.1, -0.05) is 11.6 Å². The van der Waals surface area contributed by atoms with Crippen molar-refractivity contribution < 1.29 is 9.13 Å². The number of hydrogen-bond acceptors (Lipinski definition) is 4. The Morgan fingerprint density at radius 1 is 1.41 bits per heavy atom. The highest BCUT2D eigenvalue weighted by Crippen LogP contribution is 2.28. The Balaban J connectivity index is 2.53. The van der Waals surface area contributed by atoms with Crippen LogP contribution in [0.15, 0.2) is 24.4 Å². The highest BCUT2D eigenvalue weighted by atomic mass is 35.5. The van der Waals surface area contributed by atoms with Gasteiger partial charge in [-0.25, -0.2) is 14.4 Å². The van der Waals surface area contributed by atoms with E-state index in [9.17, 15) is 4.39 Å². The molecule has 4 nitrogen and oxygen atoms in total. The van der Waals surface area contributed by atoms with Gasteiger partial charge in [0, 0.05) is 5.56 Å². The molecule has 17 heavy (non-hydrogen) atoms. The molecular weight excluding hydrogens is 245 g/mol. The summed E-state index contributed by atoms with van der Waals surface area (Å²) >= 11 is 5.92. The van der Waals surface area contributed by atoms with E-state index in [1.807, 2.05) is 0 Å². The van der Waals surface area contributed by atoms with Crippen molar-refractivity contribution in [1.29, 1.82) is 0 Å². The van der Waals surface area contributed by atoms with Crippen molar-refractivity contribution in [3.05, 3.63) is 35.2 Å². The molecule has 0 saturated heterocycles. The average Bonchev–Trinajstić information content (AvgIpc) is 2.30. The Hall–Kier alpha value is -1.88. The first-order chi connectivity index (χ1) is 8.11. The fourth-order valence-electron chi connectivity index (χ4n) is 1.36. The van der Waals surface area contributed by atoms with Gasteiger partial charge in [0.1, 0.15) is 5.82 Å². The molecule has 0 amide bonds. The summed E-state index contributed by atoms with van der Waals surface area (Å²) in [4.78, 5) is 8.06. The Bertz CT molecular complexity index is 562. The summed E-state index contributed by atoms with van der Waals surface area (Å²) in [6, 6.07) is 4.03. The zero-order valence-corrected chi connectivity index (χ0v) is 9.70. The summed E-state index contributed by atoms with van der Waals surface area (Å²) in [7, 11) is 1.44. The first-order valence-electron chi connectivity index (χ1n) is 4.73. The van der Waals surface area contributed by atoms with Gasteiger partial charge in [0.05, 0.1) is 24.0 Å². The number of nitrogens with two attached hydrogens (primary N) is 1. The SMILES string of the molecule is COc1nc(-c2ccc(F)cc2Cl)cnc1N. The summed E-state index contributed by atoms with van der Waals surface area (Å²) in [5.41, 5.74) is 6.59. The monoisotopic (exact) mass is 253 g/mol. The van der Waals surface area contributed by atoms with Crippen LogP contribution in [0.2, 0.25) is 5.02 Å². The quantitative estimate of drug-likeness (QED) is 0.893. The first kappa shape index (κ1) is 11.6. The molecule has 2 rings (SSSR count). The van der Waals surface area contributed by atoms with Crippen LogP contribution in [-0.2, 0) is 0 Å². The van der Waals surface area contributed by atoms with Crippen molar-refractivity contribution in [2.45, 2.75) is 0 Å². The molecule has 0 fully saturated rings. The van der Waals surface area contributed by atoms with Gasteiger partial charge in [-0.2, -0.15) is 0 Å². The van der Waals surface area contributed by atoms with Gasteiger partial charge in [-0.05, 0) is 18.2 Å². The van der Waals surface area contributed by atoms with Crippen LogP contribution in [0.4, 0.5) is 10.2 Å². The van der Waals surface area contributed by atoms with Gasteiger partial charge >= 0.3 is 0 Å².